The highest BCUT2D eigenvalue weighted by atomic mass is 19.1. The lowest BCUT2D eigenvalue weighted by Crippen LogP contribution is -2.29. The first-order valence-electron chi connectivity index (χ1n) is 9.29. The maximum atomic E-state index is 13.3. The minimum Gasteiger partial charge on any atom is -0.508 e. The SMILES string of the molecule is Cc1cccc(N2C(=O)C(=O)/C(=C(/O)c3ccc(F)cc3)C2c2cccc(O)c2)c1. The van der Waals surface area contributed by atoms with Crippen LogP contribution in [0.25, 0.3) is 5.76 Å². The van der Waals surface area contributed by atoms with E-state index in [1.807, 2.05) is 13.0 Å². The van der Waals surface area contributed by atoms with E-state index in [-0.39, 0.29) is 16.9 Å². The summed E-state index contributed by atoms with van der Waals surface area (Å²) in [5.41, 5.74) is 1.92. The predicted molar refractivity (Wildman–Crippen MR) is 110 cm³/mol. The van der Waals surface area contributed by atoms with Gasteiger partial charge >= 0.3 is 0 Å². The minimum absolute atomic E-state index is 0.0379. The average molecular weight is 403 g/mol. The summed E-state index contributed by atoms with van der Waals surface area (Å²) in [4.78, 5) is 27.3. The molecule has 30 heavy (non-hydrogen) atoms. The van der Waals surface area contributed by atoms with Crippen LogP contribution in [-0.4, -0.2) is 21.9 Å². The van der Waals surface area contributed by atoms with Gasteiger partial charge in [0.05, 0.1) is 11.6 Å². The second-order valence-corrected chi connectivity index (χ2v) is 7.11. The third kappa shape index (κ3) is 3.33. The number of nitrogens with zero attached hydrogens (tertiary/aromatic N) is 1. The van der Waals surface area contributed by atoms with Crippen molar-refractivity contribution in [2.45, 2.75) is 13.0 Å². The molecule has 0 aliphatic carbocycles. The van der Waals surface area contributed by atoms with E-state index in [2.05, 4.69) is 0 Å². The second kappa shape index (κ2) is 7.48. The van der Waals surface area contributed by atoms with Crippen molar-refractivity contribution in [2.75, 3.05) is 4.90 Å². The van der Waals surface area contributed by atoms with Gasteiger partial charge in [-0.2, -0.15) is 0 Å². The van der Waals surface area contributed by atoms with Crippen LogP contribution >= 0.6 is 0 Å². The van der Waals surface area contributed by atoms with Crippen molar-refractivity contribution in [2.24, 2.45) is 0 Å². The molecule has 0 radical (unpaired) electrons. The molecule has 150 valence electrons. The molecule has 4 rings (SSSR count). The summed E-state index contributed by atoms with van der Waals surface area (Å²) in [5.74, 6) is -2.58. The number of benzene rings is 3. The molecule has 1 atom stereocenters. The number of aliphatic hydroxyl groups is 1. The van der Waals surface area contributed by atoms with Gasteiger partial charge < -0.3 is 10.2 Å². The van der Waals surface area contributed by atoms with Crippen LogP contribution in [0.4, 0.5) is 10.1 Å². The summed E-state index contributed by atoms with van der Waals surface area (Å²) >= 11 is 0. The molecule has 0 bridgehead atoms. The van der Waals surface area contributed by atoms with Gasteiger partial charge in [-0.25, -0.2) is 4.39 Å². The quantitative estimate of drug-likeness (QED) is 0.384. The Hall–Kier alpha value is -3.93. The highest BCUT2D eigenvalue weighted by Crippen LogP contribution is 2.42. The molecule has 1 saturated heterocycles. The van der Waals surface area contributed by atoms with Crippen LogP contribution in [0, 0.1) is 12.7 Å². The van der Waals surface area contributed by atoms with E-state index in [1.54, 1.807) is 30.3 Å². The number of aryl methyl sites for hydroxylation is 1. The zero-order valence-corrected chi connectivity index (χ0v) is 16.0. The molecule has 1 aliphatic rings. The van der Waals surface area contributed by atoms with Crippen LogP contribution in [0.15, 0.2) is 78.4 Å². The summed E-state index contributed by atoms with van der Waals surface area (Å²) in [6.07, 6.45) is 0. The van der Waals surface area contributed by atoms with Crippen molar-refractivity contribution in [3.63, 3.8) is 0 Å². The molecule has 1 amide bonds. The Morgan fingerprint density at radius 1 is 0.967 bits per heavy atom. The lowest BCUT2D eigenvalue weighted by molar-refractivity contribution is -0.132. The van der Waals surface area contributed by atoms with E-state index in [1.165, 1.54) is 29.2 Å². The molecule has 0 aromatic heterocycles. The van der Waals surface area contributed by atoms with Gasteiger partial charge in [0, 0.05) is 11.3 Å². The van der Waals surface area contributed by atoms with Gasteiger partial charge in [0.15, 0.2) is 0 Å². The Morgan fingerprint density at radius 2 is 1.67 bits per heavy atom. The molecule has 0 spiro atoms. The molecular formula is C24H18FNO4. The van der Waals surface area contributed by atoms with Crippen molar-refractivity contribution >= 4 is 23.1 Å². The molecule has 3 aromatic carbocycles. The molecule has 1 aliphatic heterocycles. The third-order valence-corrected chi connectivity index (χ3v) is 5.03. The summed E-state index contributed by atoms with van der Waals surface area (Å²) in [6, 6.07) is 17.3. The molecule has 5 nitrogen and oxygen atoms in total. The van der Waals surface area contributed by atoms with Crippen LogP contribution in [0.5, 0.6) is 5.75 Å². The highest BCUT2D eigenvalue weighted by molar-refractivity contribution is 6.51. The summed E-state index contributed by atoms with van der Waals surface area (Å²) in [7, 11) is 0. The van der Waals surface area contributed by atoms with Crippen molar-refractivity contribution in [1.29, 1.82) is 0 Å². The Balaban J connectivity index is 1.96. The smallest absolute Gasteiger partial charge is 0.300 e. The number of carbonyl (C=O) groups excluding carboxylic acids is 2. The second-order valence-electron chi connectivity index (χ2n) is 7.11. The number of rotatable bonds is 3. The van der Waals surface area contributed by atoms with Crippen molar-refractivity contribution < 1.29 is 24.2 Å². The van der Waals surface area contributed by atoms with Gasteiger partial charge in [0.2, 0.25) is 0 Å². The number of phenols is 1. The zero-order valence-electron chi connectivity index (χ0n) is 16.0. The van der Waals surface area contributed by atoms with Gasteiger partial charge in [-0.05, 0) is 66.6 Å². The van der Waals surface area contributed by atoms with E-state index in [0.29, 0.717) is 11.3 Å². The number of aliphatic hydroxyl groups excluding tert-OH is 1. The normalized spacial score (nSPS) is 18.1. The van der Waals surface area contributed by atoms with E-state index < -0.39 is 29.3 Å². The van der Waals surface area contributed by atoms with Crippen LogP contribution in [0.2, 0.25) is 0 Å². The van der Waals surface area contributed by atoms with E-state index in [9.17, 15) is 24.2 Å². The summed E-state index contributed by atoms with van der Waals surface area (Å²) in [5, 5.41) is 20.9. The van der Waals surface area contributed by atoms with E-state index in [0.717, 1.165) is 17.7 Å². The fraction of sp³-hybridized carbons (Fsp3) is 0.0833. The first kappa shape index (κ1) is 19.4. The Kier molecular flexibility index (Phi) is 4.83. The fourth-order valence-electron chi connectivity index (χ4n) is 3.65. The lowest BCUT2D eigenvalue weighted by Gasteiger charge is -2.25. The Bertz CT molecular complexity index is 1180. The Morgan fingerprint density at radius 3 is 2.33 bits per heavy atom. The number of hydrogen-bond donors (Lipinski definition) is 2. The average Bonchev–Trinajstić information content (AvgIpc) is 2.99. The van der Waals surface area contributed by atoms with Gasteiger partial charge in [-0.1, -0.05) is 24.3 Å². The number of hydrogen-bond acceptors (Lipinski definition) is 4. The number of halogens is 1. The maximum absolute atomic E-state index is 13.3. The Labute approximate surface area is 172 Å². The van der Waals surface area contributed by atoms with Crippen LogP contribution < -0.4 is 4.90 Å². The molecule has 6 heteroatoms. The monoisotopic (exact) mass is 403 g/mol. The number of ketones is 1. The molecule has 0 saturated carbocycles. The fourth-order valence-corrected chi connectivity index (χ4v) is 3.65. The van der Waals surface area contributed by atoms with E-state index in [4.69, 9.17) is 0 Å². The molecule has 2 N–H and O–H groups in total. The molecule has 1 heterocycles. The number of amides is 1. The van der Waals surface area contributed by atoms with Gasteiger partial charge in [0.1, 0.15) is 17.3 Å². The molecular weight excluding hydrogens is 385 g/mol. The number of aromatic hydroxyl groups is 1. The summed E-state index contributed by atoms with van der Waals surface area (Å²) < 4.78 is 13.3. The first-order valence-corrected chi connectivity index (χ1v) is 9.29. The largest absolute Gasteiger partial charge is 0.508 e. The van der Waals surface area contributed by atoms with Gasteiger partial charge in [-0.15, -0.1) is 0 Å². The summed E-state index contributed by atoms with van der Waals surface area (Å²) in [6.45, 7) is 1.86. The topological polar surface area (TPSA) is 77.8 Å². The molecule has 3 aromatic rings. The van der Waals surface area contributed by atoms with Crippen molar-refractivity contribution in [3.05, 3.63) is 101 Å². The first-order chi connectivity index (χ1) is 14.4. The third-order valence-electron chi connectivity index (χ3n) is 5.03. The molecule has 1 fully saturated rings. The van der Waals surface area contributed by atoms with E-state index >= 15 is 0 Å². The minimum atomic E-state index is -0.955. The maximum Gasteiger partial charge on any atom is 0.300 e. The number of Topliss-reactive ketones (excluding diaryl/α,β-unsaturated/α-hetero) is 1. The number of anilines is 1. The van der Waals surface area contributed by atoms with Crippen LogP contribution in [-0.2, 0) is 9.59 Å². The van der Waals surface area contributed by atoms with Gasteiger partial charge in [-0.3, -0.25) is 14.5 Å². The van der Waals surface area contributed by atoms with Gasteiger partial charge in [0.25, 0.3) is 11.7 Å². The van der Waals surface area contributed by atoms with Crippen molar-refractivity contribution in [1.82, 2.24) is 0 Å². The highest BCUT2D eigenvalue weighted by Gasteiger charge is 2.47. The molecule has 1 unspecified atom stereocenters. The van der Waals surface area contributed by atoms with Crippen molar-refractivity contribution in [3.8, 4) is 5.75 Å². The lowest BCUT2D eigenvalue weighted by atomic mass is 9.95. The predicted octanol–water partition coefficient (Wildman–Crippen LogP) is 4.47. The van der Waals surface area contributed by atoms with Crippen LogP contribution in [0.1, 0.15) is 22.7 Å². The van der Waals surface area contributed by atoms with Crippen LogP contribution in [0.3, 0.4) is 0 Å². The number of carbonyl (C=O) groups is 2. The zero-order chi connectivity index (χ0) is 21.4. The standard InChI is InChI=1S/C24H18FNO4/c1-14-4-2-6-18(12-14)26-21(16-5-3-7-19(27)13-16)20(23(29)24(26)30)22(28)15-8-10-17(25)11-9-15/h2-13,21,27-28H,1H3/b22-20+. The number of phenolic OH excluding ortho intramolecular Hbond substituents is 1.